The van der Waals surface area contributed by atoms with Crippen molar-refractivity contribution in [3.8, 4) is 34.4 Å². The summed E-state index contributed by atoms with van der Waals surface area (Å²) in [6, 6.07) is 19.8. The minimum atomic E-state index is -1.01. The van der Waals surface area contributed by atoms with Crippen LogP contribution in [-0.4, -0.2) is 30.1 Å². The molecule has 0 saturated carbocycles. The maximum absolute atomic E-state index is 11.2. The second-order valence-electron chi connectivity index (χ2n) is 9.96. The quantitative estimate of drug-likeness (QED) is 0.115. The Hall–Kier alpha value is -5.30. The highest BCUT2D eigenvalue weighted by Gasteiger charge is 2.31. The van der Waals surface area contributed by atoms with E-state index in [1.807, 2.05) is 54.6 Å². The number of hydrogen-bond donors (Lipinski definition) is 5. The van der Waals surface area contributed by atoms with Crippen molar-refractivity contribution >= 4 is 60.4 Å². The van der Waals surface area contributed by atoms with Gasteiger partial charge in [0.2, 0.25) is 17.2 Å². The van der Waals surface area contributed by atoms with E-state index < -0.39 is 28.7 Å². The van der Waals surface area contributed by atoms with E-state index >= 15 is 0 Å². The maximum Gasteiger partial charge on any atom is 0.208 e. The first kappa shape index (κ1) is 21.8. The topological polar surface area (TPSA) is 119 Å². The van der Waals surface area contributed by atoms with Gasteiger partial charge in [-0.2, -0.15) is 0 Å². The molecule has 0 saturated heterocycles. The molecule has 0 spiro atoms. The lowest BCUT2D eigenvalue weighted by molar-refractivity contribution is 0.327. The van der Waals surface area contributed by atoms with Gasteiger partial charge in [-0.05, 0) is 22.6 Å². The third-order valence-corrected chi connectivity index (χ3v) is 7.95. The second kappa shape index (κ2) is 7.39. The number of aromatic hydroxyl groups is 5. The Labute approximate surface area is 220 Å². The van der Waals surface area contributed by atoms with Gasteiger partial charge < -0.3 is 29.9 Å². The molecular formula is C32H21NO6. The fourth-order valence-corrected chi connectivity index (χ4v) is 6.27. The number of fused-ring (bicyclic) bond motifs is 12. The second-order valence-corrected chi connectivity index (χ2v) is 9.96. The molecular weight excluding hydrogens is 494 g/mol. The lowest BCUT2D eigenvalue weighted by Gasteiger charge is -2.16. The monoisotopic (exact) mass is 515 g/mol. The number of furan rings is 1. The smallest absolute Gasteiger partial charge is 0.208 e. The van der Waals surface area contributed by atoms with E-state index in [4.69, 9.17) is 4.42 Å². The number of phenols is 5. The first-order valence-corrected chi connectivity index (χ1v) is 12.6. The molecule has 2 heterocycles. The van der Waals surface area contributed by atoms with Gasteiger partial charge in [-0.25, -0.2) is 0 Å². The van der Waals surface area contributed by atoms with Crippen LogP contribution in [-0.2, 0) is 6.42 Å². The van der Waals surface area contributed by atoms with Crippen LogP contribution in [0.1, 0.15) is 17.7 Å². The molecule has 190 valence electrons. The summed E-state index contributed by atoms with van der Waals surface area (Å²) in [5.41, 5.74) is 2.49. The lowest BCUT2D eigenvalue weighted by atomic mass is 9.95. The SMILES string of the molecule is Oc1c(O)c(O)c(-n2c3c4ccccc4ccc3c3c4ccccc4c4c5c(oc4c32)CCC=C5)c(O)c1O. The Morgan fingerprint density at radius 3 is 2.00 bits per heavy atom. The predicted octanol–water partition coefficient (Wildman–Crippen LogP) is 7.32. The number of phenolic OH excluding ortho intramolecular Hbond substituents is 5. The zero-order valence-corrected chi connectivity index (χ0v) is 20.4. The molecule has 7 aromatic rings. The van der Waals surface area contributed by atoms with Gasteiger partial charge in [-0.3, -0.25) is 4.57 Å². The van der Waals surface area contributed by atoms with Crippen molar-refractivity contribution in [2.75, 3.05) is 0 Å². The molecule has 39 heavy (non-hydrogen) atoms. The van der Waals surface area contributed by atoms with E-state index in [1.165, 1.54) is 0 Å². The molecule has 5 N–H and O–H groups in total. The highest BCUT2D eigenvalue weighted by atomic mass is 16.4. The molecule has 0 amide bonds. The van der Waals surface area contributed by atoms with Crippen LogP contribution in [0.5, 0.6) is 28.7 Å². The van der Waals surface area contributed by atoms with Crippen LogP contribution in [0.3, 0.4) is 0 Å². The fraction of sp³-hybridized carbons (Fsp3) is 0.0625. The molecule has 0 radical (unpaired) electrons. The van der Waals surface area contributed by atoms with Crippen molar-refractivity contribution in [3.05, 3.63) is 78.1 Å². The van der Waals surface area contributed by atoms with Crippen LogP contribution in [0, 0.1) is 0 Å². The van der Waals surface area contributed by atoms with Crippen LogP contribution < -0.4 is 0 Å². The number of allylic oxidation sites excluding steroid dienone is 1. The van der Waals surface area contributed by atoms with Gasteiger partial charge in [0.25, 0.3) is 0 Å². The molecule has 2 aromatic heterocycles. The summed E-state index contributed by atoms with van der Waals surface area (Å²) < 4.78 is 8.20. The fourth-order valence-electron chi connectivity index (χ4n) is 6.27. The number of aromatic nitrogens is 1. The van der Waals surface area contributed by atoms with Crippen LogP contribution in [0.2, 0.25) is 0 Å². The molecule has 0 fully saturated rings. The van der Waals surface area contributed by atoms with E-state index in [1.54, 1.807) is 4.57 Å². The standard InChI is InChI=1S/C32H21NO6/c34-27-26(28(35)30(37)31(38)29(27)36)33-24-16-8-2-1-7-15(16)13-14-20(24)22-17-9-3-4-10-18(17)23-19-11-5-6-12-21(19)39-32(23)25(22)33/h1-5,7-11,13-14,34-38H,6,12H2. The van der Waals surface area contributed by atoms with Crippen LogP contribution in [0.15, 0.2) is 71.2 Å². The van der Waals surface area contributed by atoms with Gasteiger partial charge in [0.15, 0.2) is 17.1 Å². The first-order chi connectivity index (χ1) is 19.0. The third-order valence-electron chi connectivity index (χ3n) is 7.95. The molecule has 8 rings (SSSR count). The summed E-state index contributed by atoms with van der Waals surface area (Å²) in [4.78, 5) is 0. The molecule has 0 aliphatic heterocycles. The number of rotatable bonds is 1. The highest BCUT2D eigenvalue weighted by molar-refractivity contribution is 6.34. The van der Waals surface area contributed by atoms with Crippen LogP contribution >= 0.6 is 0 Å². The van der Waals surface area contributed by atoms with Gasteiger partial charge in [-0.1, -0.05) is 72.8 Å². The van der Waals surface area contributed by atoms with E-state index in [9.17, 15) is 25.5 Å². The normalized spacial score (nSPS) is 13.3. The van der Waals surface area contributed by atoms with Crippen molar-refractivity contribution in [1.82, 2.24) is 4.57 Å². The molecule has 5 aromatic carbocycles. The summed E-state index contributed by atoms with van der Waals surface area (Å²) in [5.74, 6) is -3.58. The Morgan fingerprint density at radius 1 is 0.615 bits per heavy atom. The Kier molecular flexibility index (Phi) is 4.12. The maximum atomic E-state index is 11.2. The molecule has 1 aliphatic rings. The van der Waals surface area contributed by atoms with E-state index in [-0.39, 0.29) is 5.69 Å². The van der Waals surface area contributed by atoms with Gasteiger partial charge in [-0.15, -0.1) is 0 Å². The summed E-state index contributed by atoms with van der Waals surface area (Å²) in [6.45, 7) is 0. The molecule has 1 aliphatic carbocycles. The van der Waals surface area contributed by atoms with Crippen molar-refractivity contribution in [3.63, 3.8) is 0 Å². The van der Waals surface area contributed by atoms with Gasteiger partial charge in [0.1, 0.15) is 11.4 Å². The van der Waals surface area contributed by atoms with Crippen LogP contribution in [0.25, 0.3) is 66.1 Å². The van der Waals surface area contributed by atoms with Crippen molar-refractivity contribution in [1.29, 1.82) is 0 Å². The average molecular weight is 516 g/mol. The Bertz CT molecular complexity index is 2200. The number of benzene rings is 5. The van der Waals surface area contributed by atoms with E-state index in [2.05, 4.69) is 18.2 Å². The van der Waals surface area contributed by atoms with Crippen LogP contribution in [0.4, 0.5) is 0 Å². The molecule has 0 unspecified atom stereocenters. The van der Waals surface area contributed by atoms with E-state index in [0.717, 1.165) is 61.9 Å². The molecule has 0 bridgehead atoms. The number of aryl methyl sites for hydroxylation is 1. The number of hydrogen-bond acceptors (Lipinski definition) is 6. The van der Waals surface area contributed by atoms with Gasteiger partial charge in [0.05, 0.1) is 11.0 Å². The van der Waals surface area contributed by atoms with E-state index in [0.29, 0.717) is 16.6 Å². The molecule has 7 heteroatoms. The molecule has 0 atom stereocenters. The first-order valence-electron chi connectivity index (χ1n) is 12.6. The van der Waals surface area contributed by atoms with Crippen molar-refractivity contribution < 1.29 is 29.9 Å². The third kappa shape index (κ3) is 2.61. The lowest BCUT2D eigenvalue weighted by Crippen LogP contribution is -1.97. The average Bonchev–Trinajstić information content (AvgIpc) is 3.52. The summed E-state index contributed by atoms with van der Waals surface area (Å²) in [7, 11) is 0. The zero-order chi connectivity index (χ0) is 26.6. The number of nitrogens with zero attached hydrogens (tertiary/aromatic N) is 1. The zero-order valence-electron chi connectivity index (χ0n) is 20.4. The largest absolute Gasteiger partial charge is 0.503 e. The van der Waals surface area contributed by atoms with Gasteiger partial charge in [0, 0.05) is 33.5 Å². The Balaban J connectivity index is 1.76. The minimum absolute atomic E-state index is 0.263. The van der Waals surface area contributed by atoms with Crippen molar-refractivity contribution in [2.45, 2.75) is 12.8 Å². The van der Waals surface area contributed by atoms with Gasteiger partial charge >= 0.3 is 0 Å². The highest BCUT2D eigenvalue weighted by Crippen LogP contribution is 2.56. The minimum Gasteiger partial charge on any atom is -0.503 e. The molecule has 7 nitrogen and oxygen atoms in total. The Morgan fingerprint density at radius 2 is 1.26 bits per heavy atom. The van der Waals surface area contributed by atoms with Crippen molar-refractivity contribution in [2.24, 2.45) is 0 Å². The predicted molar refractivity (Wildman–Crippen MR) is 151 cm³/mol. The summed E-state index contributed by atoms with van der Waals surface area (Å²) in [6.07, 6.45) is 5.77. The summed E-state index contributed by atoms with van der Waals surface area (Å²) in [5, 5.41) is 59.8. The summed E-state index contributed by atoms with van der Waals surface area (Å²) >= 11 is 0.